The van der Waals surface area contributed by atoms with E-state index in [1.165, 1.54) is 10.6 Å². The van der Waals surface area contributed by atoms with Crippen molar-refractivity contribution in [3.8, 4) is 6.07 Å². The molecule has 1 N–H and O–H groups in total. The van der Waals surface area contributed by atoms with Crippen LogP contribution >= 0.6 is 0 Å². The van der Waals surface area contributed by atoms with E-state index in [1.807, 2.05) is 6.07 Å². The molecule has 0 spiro atoms. The van der Waals surface area contributed by atoms with Crippen LogP contribution in [0.3, 0.4) is 0 Å². The molecule has 23 heavy (non-hydrogen) atoms. The minimum atomic E-state index is -1.07. The van der Waals surface area contributed by atoms with E-state index in [9.17, 15) is 14.7 Å². The quantitative estimate of drug-likeness (QED) is 0.872. The summed E-state index contributed by atoms with van der Waals surface area (Å²) in [5.74, 6) is -0.190. The number of nitriles is 1. The summed E-state index contributed by atoms with van der Waals surface area (Å²) < 4.78 is 1.42. The van der Waals surface area contributed by atoms with E-state index in [1.54, 1.807) is 50.4 Å². The molecule has 1 aliphatic carbocycles. The molecule has 0 unspecified atom stereocenters. The van der Waals surface area contributed by atoms with Crippen molar-refractivity contribution in [1.29, 1.82) is 5.26 Å². The second-order valence-electron chi connectivity index (χ2n) is 6.30. The van der Waals surface area contributed by atoms with E-state index in [0.717, 1.165) is 0 Å². The van der Waals surface area contributed by atoms with Crippen molar-refractivity contribution in [3.05, 3.63) is 69.6 Å². The fraction of sp³-hybridized carbons (Fsp3) is 0.278. The Morgan fingerprint density at radius 2 is 1.96 bits per heavy atom. The van der Waals surface area contributed by atoms with Crippen LogP contribution in [0.1, 0.15) is 41.4 Å². The van der Waals surface area contributed by atoms with Crippen LogP contribution in [0.4, 0.5) is 0 Å². The lowest BCUT2D eigenvalue weighted by molar-refractivity contribution is 0.0134. The maximum atomic E-state index is 12.7. The summed E-state index contributed by atoms with van der Waals surface area (Å²) in [4.78, 5) is 24.9. The molecule has 116 valence electrons. The molecule has 0 amide bonds. The Morgan fingerprint density at radius 3 is 2.61 bits per heavy atom. The van der Waals surface area contributed by atoms with Crippen LogP contribution in [0.25, 0.3) is 0 Å². The van der Waals surface area contributed by atoms with Gasteiger partial charge in [0.25, 0.3) is 5.56 Å². The molecule has 1 aliphatic rings. The average molecular weight is 308 g/mol. The van der Waals surface area contributed by atoms with Crippen LogP contribution in [0.2, 0.25) is 0 Å². The predicted molar refractivity (Wildman–Crippen MR) is 84.1 cm³/mol. The minimum Gasteiger partial charge on any atom is -0.390 e. The van der Waals surface area contributed by atoms with Gasteiger partial charge in [-0.2, -0.15) is 5.26 Å². The van der Waals surface area contributed by atoms with Gasteiger partial charge in [0, 0.05) is 17.8 Å². The minimum absolute atomic E-state index is 0.190. The molecule has 0 saturated heterocycles. The monoisotopic (exact) mass is 308 g/mol. The molecule has 1 aromatic heterocycles. The predicted octanol–water partition coefficient (Wildman–Crippen LogP) is 1.89. The van der Waals surface area contributed by atoms with Crippen LogP contribution in [-0.2, 0) is 0 Å². The third-order valence-electron chi connectivity index (χ3n) is 4.52. The first-order valence-corrected chi connectivity index (χ1v) is 7.32. The number of carbonyl (C=O) groups is 1. The molecule has 0 saturated carbocycles. The lowest BCUT2D eigenvalue weighted by Crippen LogP contribution is -2.49. The van der Waals surface area contributed by atoms with Crippen LogP contribution < -0.4 is 5.56 Å². The average Bonchev–Trinajstić information content (AvgIpc) is 2.54. The van der Waals surface area contributed by atoms with Crippen molar-refractivity contribution in [2.24, 2.45) is 5.41 Å². The first kappa shape index (κ1) is 15.2. The Labute approximate surface area is 133 Å². The molecule has 0 radical (unpaired) electrons. The van der Waals surface area contributed by atoms with E-state index in [-0.39, 0.29) is 11.3 Å². The fourth-order valence-electron chi connectivity index (χ4n) is 3.10. The number of benzene rings is 1. The summed E-state index contributed by atoms with van der Waals surface area (Å²) in [5, 5.41) is 19.9. The molecule has 5 nitrogen and oxygen atoms in total. The molecule has 2 atom stereocenters. The maximum absolute atomic E-state index is 12.7. The zero-order chi connectivity index (χ0) is 16.8. The Bertz CT molecular complexity index is 890. The Balaban J connectivity index is 2.33. The van der Waals surface area contributed by atoms with Crippen LogP contribution in [0.15, 0.2) is 47.4 Å². The fourth-order valence-corrected chi connectivity index (χ4v) is 3.10. The van der Waals surface area contributed by atoms with E-state index in [0.29, 0.717) is 16.7 Å². The highest BCUT2D eigenvalue weighted by atomic mass is 16.3. The topological polar surface area (TPSA) is 83.1 Å². The van der Waals surface area contributed by atoms with Crippen molar-refractivity contribution in [1.82, 2.24) is 4.57 Å². The smallest absolute Gasteiger partial charge is 0.251 e. The first-order valence-electron chi connectivity index (χ1n) is 7.32. The van der Waals surface area contributed by atoms with Crippen molar-refractivity contribution in [3.63, 3.8) is 0 Å². The van der Waals surface area contributed by atoms with E-state index >= 15 is 0 Å². The Morgan fingerprint density at radius 1 is 1.22 bits per heavy atom. The number of carbonyl (C=O) groups excluding carboxylic acids is 1. The van der Waals surface area contributed by atoms with Crippen molar-refractivity contribution in [2.75, 3.05) is 0 Å². The molecule has 0 aliphatic heterocycles. The number of aliphatic hydroxyl groups is 1. The normalized spacial score (nSPS) is 22.3. The molecule has 5 heteroatoms. The van der Waals surface area contributed by atoms with Crippen molar-refractivity contribution < 1.29 is 9.90 Å². The van der Waals surface area contributed by atoms with Gasteiger partial charge in [-0.3, -0.25) is 9.59 Å². The summed E-state index contributed by atoms with van der Waals surface area (Å²) in [6.07, 6.45) is 0.516. The van der Waals surface area contributed by atoms with Crippen LogP contribution in [0, 0.1) is 16.7 Å². The summed E-state index contributed by atoms with van der Waals surface area (Å²) in [6.45, 7) is 3.34. The van der Waals surface area contributed by atoms with Gasteiger partial charge in [-0.15, -0.1) is 0 Å². The number of aromatic nitrogens is 1. The number of hydrogen-bond donors (Lipinski definition) is 1. The molecule has 2 aromatic rings. The Kier molecular flexibility index (Phi) is 3.42. The van der Waals surface area contributed by atoms with Crippen LogP contribution in [-0.4, -0.2) is 21.6 Å². The van der Waals surface area contributed by atoms with Gasteiger partial charge in [-0.25, -0.2) is 0 Å². The third kappa shape index (κ3) is 2.19. The van der Waals surface area contributed by atoms with Gasteiger partial charge in [0.2, 0.25) is 0 Å². The zero-order valence-corrected chi connectivity index (χ0v) is 12.9. The molecule has 1 aromatic carbocycles. The second-order valence-corrected chi connectivity index (χ2v) is 6.30. The highest BCUT2D eigenvalue weighted by Crippen LogP contribution is 2.42. The number of aliphatic hydroxyl groups excluding tert-OH is 1. The summed E-state index contributed by atoms with van der Waals surface area (Å²) in [5.41, 5.74) is 0.0443. The second kappa shape index (κ2) is 5.18. The molecule has 0 fully saturated rings. The molecule has 1 heterocycles. The first-order chi connectivity index (χ1) is 10.9. The van der Waals surface area contributed by atoms with Gasteiger partial charge in [-0.05, 0) is 43.7 Å². The number of nitrogens with zero attached hydrogens (tertiary/aromatic N) is 2. The molecular weight excluding hydrogens is 292 g/mol. The largest absolute Gasteiger partial charge is 0.390 e. The number of ketones is 1. The van der Waals surface area contributed by atoms with E-state index in [2.05, 4.69) is 0 Å². The number of fused-ring (bicyclic) bond motifs is 1. The van der Waals surface area contributed by atoms with Gasteiger partial charge in [0.05, 0.1) is 29.2 Å². The van der Waals surface area contributed by atoms with Gasteiger partial charge >= 0.3 is 0 Å². The summed E-state index contributed by atoms with van der Waals surface area (Å²) in [7, 11) is 0. The summed E-state index contributed by atoms with van der Waals surface area (Å²) in [6, 6.07) is 10.8. The molecule has 0 bridgehead atoms. The maximum Gasteiger partial charge on any atom is 0.251 e. The lowest BCUT2D eigenvalue weighted by Gasteiger charge is -2.41. The standard InChI is InChI=1S/C18H16N2O3/c1-18(2)16(22)12-7-6-11(10-19)9-13(12)15(17(18)23)20-8-4-3-5-14(20)21/h3-9,15,17,23H,1-2H3/t15-,17+/m1/s1. The van der Waals surface area contributed by atoms with Gasteiger partial charge < -0.3 is 9.67 Å². The SMILES string of the molecule is CC1(C)C(=O)c2ccc(C#N)cc2[C@@H](n2ccccc2=O)[C@@H]1O. The van der Waals surface area contributed by atoms with Gasteiger partial charge in [0.15, 0.2) is 5.78 Å². The third-order valence-corrected chi connectivity index (χ3v) is 4.52. The van der Waals surface area contributed by atoms with Crippen molar-refractivity contribution >= 4 is 5.78 Å². The number of pyridine rings is 1. The number of rotatable bonds is 1. The van der Waals surface area contributed by atoms with Crippen molar-refractivity contribution in [2.45, 2.75) is 26.0 Å². The molecular formula is C18H16N2O3. The molecule has 3 rings (SSSR count). The number of hydrogen-bond acceptors (Lipinski definition) is 4. The number of Topliss-reactive ketones (excluding diaryl/α,β-unsaturated/α-hetero) is 1. The van der Waals surface area contributed by atoms with Crippen LogP contribution in [0.5, 0.6) is 0 Å². The zero-order valence-electron chi connectivity index (χ0n) is 12.9. The highest BCUT2D eigenvalue weighted by molar-refractivity contribution is 6.03. The van der Waals surface area contributed by atoms with Gasteiger partial charge in [0.1, 0.15) is 0 Å². The Hall–Kier alpha value is -2.71. The summed E-state index contributed by atoms with van der Waals surface area (Å²) >= 11 is 0. The highest BCUT2D eigenvalue weighted by Gasteiger charge is 2.48. The van der Waals surface area contributed by atoms with E-state index in [4.69, 9.17) is 5.26 Å². The van der Waals surface area contributed by atoms with Gasteiger partial charge in [-0.1, -0.05) is 6.07 Å². The van der Waals surface area contributed by atoms with E-state index < -0.39 is 17.6 Å². The lowest BCUT2D eigenvalue weighted by atomic mass is 9.68.